The van der Waals surface area contributed by atoms with Gasteiger partial charge < -0.3 is 16.0 Å². The van der Waals surface area contributed by atoms with E-state index in [1.807, 2.05) is 6.07 Å². The van der Waals surface area contributed by atoms with Gasteiger partial charge in [0.1, 0.15) is 11.9 Å². The number of aromatic nitrogens is 1. The van der Waals surface area contributed by atoms with Gasteiger partial charge >= 0.3 is 6.18 Å². The van der Waals surface area contributed by atoms with Gasteiger partial charge in [0.05, 0.1) is 28.1 Å². The minimum Gasteiger partial charge on any atom is -0.355 e. The Morgan fingerprint density at radius 3 is 2.39 bits per heavy atom. The van der Waals surface area contributed by atoms with Crippen molar-refractivity contribution in [3.05, 3.63) is 82.8 Å². The van der Waals surface area contributed by atoms with Crippen LogP contribution >= 0.6 is 0 Å². The molecule has 0 aliphatic rings. The monoisotopic (exact) mass is 457 g/mol. The normalized spacial score (nSPS) is 10.8. The Labute approximate surface area is 185 Å². The van der Waals surface area contributed by atoms with Crippen molar-refractivity contribution in [2.24, 2.45) is 0 Å². The van der Waals surface area contributed by atoms with Crippen LogP contribution in [0.2, 0.25) is 0 Å². The molecule has 0 saturated carbocycles. The molecule has 168 valence electrons. The highest BCUT2D eigenvalue weighted by Gasteiger charge is 2.32. The van der Waals surface area contributed by atoms with Gasteiger partial charge in [0.2, 0.25) is 0 Å². The molecule has 0 spiro atoms. The van der Waals surface area contributed by atoms with E-state index in [9.17, 15) is 32.4 Å². The molecule has 0 aliphatic carbocycles. The maximum Gasteiger partial charge on any atom is 0.416 e. The van der Waals surface area contributed by atoms with Gasteiger partial charge in [-0.3, -0.25) is 9.59 Å². The number of alkyl halides is 3. The van der Waals surface area contributed by atoms with Crippen molar-refractivity contribution in [1.82, 2.24) is 10.3 Å². The third-order valence-corrected chi connectivity index (χ3v) is 4.41. The number of hydrogen-bond donors (Lipinski definition) is 3. The highest BCUT2D eigenvalue weighted by Crippen LogP contribution is 2.31. The van der Waals surface area contributed by atoms with Gasteiger partial charge in [-0.2, -0.15) is 18.4 Å². The van der Waals surface area contributed by atoms with Crippen LogP contribution in [0, 0.1) is 17.1 Å². The number of nitriles is 1. The molecule has 0 radical (unpaired) electrons. The van der Waals surface area contributed by atoms with E-state index in [1.54, 1.807) is 18.2 Å². The molecule has 2 aromatic carbocycles. The Kier molecular flexibility index (Phi) is 6.58. The van der Waals surface area contributed by atoms with Crippen LogP contribution < -0.4 is 16.0 Å². The van der Waals surface area contributed by atoms with E-state index in [0.717, 1.165) is 0 Å². The lowest BCUT2D eigenvalue weighted by molar-refractivity contribution is -0.137. The summed E-state index contributed by atoms with van der Waals surface area (Å²) in [6.45, 7) is 0. The lowest BCUT2D eigenvalue weighted by Gasteiger charge is -2.15. The molecule has 1 aromatic heterocycles. The first-order valence-electron chi connectivity index (χ1n) is 9.30. The van der Waals surface area contributed by atoms with Gasteiger partial charge in [0, 0.05) is 18.8 Å². The Morgan fingerprint density at radius 2 is 1.73 bits per heavy atom. The number of anilines is 3. The maximum atomic E-state index is 13.7. The number of pyridine rings is 1. The van der Waals surface area contributed by atoms with Crippen molar-refractivity contribution in [2.45, 2.75) is 6.18 Å². The summed E-state index contributed by atoms with van der Waals surface area (Å²) < 4.78 is 52.8. The van der Waals surface area contributed by atoms with E-state index in [1.165, 1.54) is 25.4 Å². The zero-order valence-corrected chi connectivity index (χ0v) is 16.9. The average Bonchev–Trinajstić information content (AvgIpc) is 2.79. The molecule has 3 aromatic rings. The summed E-state index contributed by atoms with van der Waals surface area (Å²) >= 11 is 0. The quantitative estimate of drug-likeness (QED) is 0.490. The molecule has 3 rings (SSSR count). The van der Waals surface area contributed by atoms with Gasteiger partial charge in [-0.15, -0.1) is 0 Å². The molecule has 11 heteroatoms. The fourth-order valence-electron chi connectivity index (χ4n) is 2.82. The molecule has 0 unspecified atom stereocenters. The van der Waals surface area contributed by atoms with Crippen LogP contribution in [-0.4, -0.2) is 23.8 Å². The molecule has 0 aliphatic heterocycles. The van der Waals surface area contributed by atoms with Crippen LogP contribution in [0.25, 0.3) is 0 Å². The Balaban J connectivity index is 2.02. The number of benzene rings is 2. The number of para-hydroxylation sites is 1. The number of hydrogen-bond acceptors (Lipinski definition) is 5. The highest BCUT2D eigenvalue weighted by atomic mass is 19.4. The predicted octanol–water partition coefficient (Wildman–Crippen LogP) is 4.47. The summed E-state index contributed by atoms with van der Waals surface area (Å²) in [4.78, 5) is 28.7. The van der Waals surface area contributed by atoms with E-state index in [4.69, 9.17) is 0 Å². The number of halogens is 4. The molecule has 2 amide bonds. The van der Waals surface area contributed by atoms with Crippen LogP contribution in [0.5, 0.6) is 0 Å². The SMILES string of the molecule is CNC(=O)c1cnc(Nc2ccccc2C#N)c(NC(=O)c2cc(F)cc(C(F)(F)F)c2)c1. The van der Waals surface area contributed by atoms with Gasteiger partial charge in [-0.05, 0) is 36.4 Å². The van der Waals surface area contributed by atoms with Crippen molar-refractivity contribution in [1.29, 1.82) is 5.26 Å². The summed E-state index contributed by atoms with van der Waals surface area (Å²) in [6, 6.07) is 11.0. The summed E-state index contributed by atoms with van der Waals surface area (Å²) in [5.41, 5.74) is -1.36. The first-order valence-corrected chi connectivity index (χ1v) is 9.30. The number of nitrogens with one attached hydrogen (secondary N) is 3. The number of carbonyl (C=O) groups is 2. The molecule has 0 atom stereocenters. The topological polar surface area (TPSA) is 107 Å². The molecule has 0 saturated heterocycles. The molecule has 3 N–H and O–H groups in total. The minimum atomic E-state index is -4.86. The highest BCUT2D eigenvalue weighted by molar-refractivity contribution is 6.07. The van der Waals surface area contributed by atoms with E-state index >= 15 is 0 Å². The molecule has 33 heavy (non-hydrogen) atoms. The largest absolute Gasteiger partial charge is 0.416 e. The number of nitrogens with zero attached hydrogens (tertiary/aromatic N) is 2. The standard InChI is InChI=1S/C22H15F4N5O2/c1-28-20(32)14-8-18(19(29-11-14)30-17-5-3-2-4-12(17)10-27)31-21(33)13-6-15(22(24,25)26)9-16(23)7-13/h2-9,11H,1H3,(H,28,32)(H,29,30)(H,31,33). The number of carbonyl (C=O) groups excluding carboxylic acids is 2. The Bertz CT molecular complexity index is 1270. The van der Waals surface area contributed by atoms with Gasteiger partial charge in [-0.25, -0.2) is 9.37 Å². The van der Waals surface area contributed by atoms with Gasteiger partial charge in [-0.1, -0.05) is 12.1 Å². The van der Waals surface area contributed by atoms with Crippen LogP contribution in [0.15, 0.2) is 54.7 Å². The maximum absolute atomic E-state index is 13.7. The molecule has 0 bridgehead atoms. The third-order valence-electron chi connectivity index (χ3n) is 4.41. The van der Waals surface area contributed by atoms with Crippen molar-refractivity contribution in [3.8, 4) is 6.07 Å². The summed E-state index contributed by atoms with van der Waals surface area (Å²) in [6.07, 6.45) is -3.65. The van der Waals surface area contributed by atoms with Crippen molar-refractivity contribution in [2.75, 3.05) is 17.7 Å². The Morgan fingerprint density at radius 1 is 1.00 bits per heavy atom. The lowest BCUT2D eigenvalue weighted by atomic mass is 10.1. The minimum absolute atomic E-state index is 0.00570. The molecular formula is C22H15F4N5O2. The van der Waals surface area contributed by atoms with E-state index in [0.29, 0.717) is 17.8 Å². The summed E-state index contributed by atoms with van der Waals surface area (Å²) in [5, 5.41) is 16.8. The summed E-state index contributed by atoms with van der Waals surface area (Å²) in [5.74, 6) is -2.83. The fourth-order valence-corrected chi connectivity index (χ4v) is 2.82. The van der Waals surface area contributed by atoms with Crippen molar-refractivity contribution >= 4 is 29.0 Å². The lowest BCUT2D eigenvalue weighted by Crippen LogP contribution is -2.20. The van der Waals surface area contributed by atoms with Crippen molar-refractivity contribution in [3.63, 3.8) is 0 Å². The summed E-state index contributed by atoms with van der Waals surface area (Å²) in [7, 11) is 1.38. The third kappa shape index (κ3) is 5.43. The first kappa shape index (κ1) is 23.2. The second-order valence-corrected chi connectivity index (χ2v) is 6.66. The van der Waals surface area contributed by atoms with Crippen LogP contribution in [0.1, 0.15) is 31.8 Å². The number of rotatable bonds is 5. The molecule has 0 fully saturated rings. The Hall–Kier alpha value is -4.46. The van der Waals surface area contributed by atoms with Gasteiger partial charge in [0.15, 0.2) is 5.82 Å². The fraction of sp³-hybridized carbons (Fsp3) is 0.0909. The smallest absolute Gasteiger partial charge is 0.355 e. The second kappa shape index (κ2) is 9.35. The van der Waals surface area contributed by atoms with Crippen LogP contribution in [0.3, 0.4) is 0 Å². The first-order chi connectivity index (χ1) is 15.6. The van der Waals surface area contributed by atoms with E-state index in [2.05, 4.69) is 20.9 Å². The van der Waals surface area contributed by atoms with Crippen LogP contribution in [-0.2, 0) is 6.18 Å². The predicted molar refractivity (Wildman–Crippen MR) is 111 cm³/mol. The second-order valence-electron chi connectivity index (χ2n) is 6.66. The van der Waals surface area contributed by atoms with E-state index < -0.39 is 34.9 Å². The molecule has 7 nitrogen and oxygen atoms in total. The van der Waals surface area contributed by atoms with Crippen LogP contribution in [0.4, 0.5) is 34.8 Å². The molecule has 1 heterocycles. The zero-order valence-electron chi connectivity index (χ0n) is 16.9. The molecular weight excluding hydrogens is 442 g/mol. The van der Waals surface area contributed by atoms with Crippen molar-refractivity contribution < 1.29 is 27.2 Å². The van der Waals surface area contributed by atoms with E-state index in [-0.39, 0.29) is 28.7 Å². The zero-order chi connectivity index (χ0) is 24.2. The average molecular weight is 457 g/mol. The van der Waals surface area contributed by atoms with Gasteiger partial charge in [0.25, 0.3) is 11.8 Å². The number of amides is 2.